The molecule has 0 saturated carbocycles. The van der Waals surface area contributed by atoms with Crippen LogP contribution in [-0.4, -0.2) is 37.8 Å². The summed E-state index contributed by atoms with van der Waals surface area (Å²) in [5.41, 5.74) is 5.88. The van der Waals surface area contributed by atoms with Crippen molar-refractivity contribution in [2.24, 2.45) is 0 Å². The predicted molar refractivity (Wildman–Crippen MR) is 154 cm³/mol. The van der Waals surface area contributed by atoms with Gasteiger partial charge in [-0.25, -0.2) is 0 Å². The molecule has 0 radical (unpaired) electrons. The van der Waals surface area contributed by atoms with Crippen molar-refractivity contribution in [3.05, 3.63) is 107 Å². The van der Waals surface area contributed by atoms with Crippen LogP contribution in [0.2, 0.25) is 5.02 Å². The van der Waals surface area contributed by atoms with Crippen LogP contribution < -0.4 is 10.6 Å². The van der Waals surface area contributed by atoms with Crippen molar-refractivity contribution in [3.63, 3.8) is 0 Å². The summed E-state index contributed by atoms with van der Waals surface area (Å²) >= 11 is 12.1. The second kappa shape index (κ2) is 10.8. The molecule has 1 fully saturated rings. The molecule has 0 unspecified atom stereocenters. The van der Waals surface area contributed by atoms with E-state index in [4.69, 9.17) is 23.8 Å². The van der Waals surface area contributed by atoms with E-state index in [0.29, 0.717) is 10.7 Å². The normalized spacial score (nSPS) is 17.2. The third-order valence-corrected chi connectivity index (χ3v) is 7.43. The Labute approximate surface area is 227 Å². The standard InChI is InChI=1S/C29H30ClN5OS/c1-19-17-23(20(2)35(19)25-18-21(30)12-13-26(25)36)28-27(24-11-6-7-14-32-24)33-29(37)34(28)16-8-15-31-22-9-4-3-5-10-22/h3-7,9-14,17-18,27-28,31,36H,8,15-16H2,1-2H3,(H,33,37)/t27-,28-/m1/s1. The molecule has 190 valence electrons. The average molecular weight is 532 g/mol. The van der Waals surface area contributed by atoms with Crippen LogP contribution in [0, 0.1) is 13.8 Å². The highest BCUT2D eigenvalue weighted by atomic mass is 35.5. The van der Waals surface area contributed by atoms with Crippen LogP contribution in [0.4, 0.5) is 5.69 Å². The number of benzene rings is 2. The van der Waals surface area contributed by atoms with Crippen LogP contribution in [0.3, 0.4) is 0 Å². The number of phenolic OH excluding ortho intramolecular Hbond substituents is 1. The molecular weight excluding hydrogens is 502 g/mol. The summed E-state index contributed by atoms with van der Waals surface area (Å²) in [5.74, 6) is 0.183. The highest BCUT2D eigenvalue weighted by Crippen LogP contribution is 2.42. The number of thiocarbonyl (C=S) groups is 1. The van der Waals surface area contributed by atoms with Gasteiger partial charge < -0.3 is 25.2 Å². The molecule has 3 heterocycles. The molecule has 6 nitrogen and oxygen atoms in total. The third kappa shape index (κ3) is 5.15. The Morgan fingerprint density at radius 3 is 2.59 bits per heavy atom. The van der Waals surface area contributed by atoms with E-state index in [1.165, 1.54) is 0 Å². The van der Waals surface area contributed by atoms with E-state index in [1.807, 2.05) is 49.5 Å². The molecule has 2 aromatic heterocycles. The van der Waals surface area contributed by atoms with Crippen molar-refractivity contribution < 1.29 is 5.11 Å². The number of rotatable bonds is 8. The smallest absolute Gasteiger partial charge is 0.170 e. The number of pyridine rings is 1. The molecule has 8 heteroatoms. The summed E-state index contributed by atoms with van der Waals surface area (Å²) in [6.45, 7) is 5.74. The molecule has 0 bridgehead atoms. The first-order valence-electron chi connectivity index (χ1n) is 12.4. The quantitative estimate of drug-likeness (QED) is 0.182. The number of anilines is 1. The molecular formula is C29H30ClN5OS. The van der Waals surface area contributed by atoms with Crippen molar-refractivity contribution in [3.8, 4) is 11.4 Å². The maximum Gasteiger partial charge on any atom is 0.170 e. The first kappa shape index (κ1) is 25.1. The maximum atomic E-state index is 10.6. The summed E-state index contributed by atoms with van der Waals surface area (Å²) in [5, 5.41) is 19.0. The molecule has 1 aliphatic rings. The molecule has 37 heavy (non-hydrogen) atoms. The number of hydrogen-bond donors (Lipinski definition) is 3. The summed E-state index contributed by atoms with van der Waals surface area (Å²) in [4.78, 5) is 6.93. The minimum atomic E-state index is -0.0994. The van der Waals surface area contributed by atoms with Gasteiger partial charge in [-0.3, -0.25) is 4.98 Å². The predicted octanol–water partition coefficient (Wildman–Crippen LogP) is 6.32. The van der Waals surface area contributed by atoms with E-state index in [1.54, 1.807) is 18.2 Å². The fourth-order valence-corrected chi connectivity index (χ4v) is 5.65. The lowest BCUT2D eigenvalue weighted by atomic mass is 9.96. The Bertz CT molecular complexity index is 1390. The summed E-state index contributed by atoms with van der Waals surface area (Å²) in [7, 11) is 0. The van der Waals surface area contributed by atoms with Crippen LogP contribution in [-0.2, 0) is 0 Å². The van der Waals surface area contributed by atoms with Gasteiger partial charge >= 0.3 is 0 Å². The minimum absolute atomic E-state index is 0.0552. The number of hydrogen-bond acceptors (Lipinski definition) is 4. The Kier molecular flexibility index (Phi) is 7.35. The van der Waals surface area contributed by atoms with E-state index >= 15 is 0 Å². The largest absolute Gasteiger partial charge is 0.506 e. The van der Waals surface area contributed by atoms with Crippen LogP contribution in [0.1, 0.15) is 41.1 Å². The first-order valence-corrected chi connectivity index (χ1v) is 13.2. The van der Waals surface area contributed by atoms with E-state index < -0.39 is 0 Å². The number of aromatic nitrogens is 2. The molecule has 0 spiro atoms. The Hall–Kier alpha value is -3.55. The zero-order valence-electron chi connectivity index (χ0n) is 20.9. The lowest BCUT2D eigenvalue weighted by molar-refractivity contribution is 0.315. The van der Waals surface area contributed by atoms with E-state index in [2.05, 4.69) is 50.2 Å². The Morgan fingerprint density at radius 2 is 1.84 bits per heavy atom. The number of aryl methyl sites for hydroxylation is 1. The Morgan fingerprint density at radius 1 is 1.05 bits per heavy atom. The van der Waals surface area contributed by atoms with E-state index in [-0.39, 0.29) is 17.8 Å². The molecule has 1 aliphatic heterocycles. The number of nitrogens with zero attached hydrogens (tertiary/aromatic N) is 3. The van der Waals surface area contributed by atoms with E-state index in [9.17, 15) is 5.11 Å². The SMILES string of the molecule is Cc1cc([C@@H]2[C@@H](c3ccccn3)NC(=S)N2CCCNc2ccccc2)c(C)n1-c1cc(Cl)ccc1O. The first-order chi connectivity index (χ1) is 17.9. The zero-order valence-corrected chi connectivity index (χ0v) is 22.4. The van der Waals surface area contributed by atoms with Gasteiger partial charge in [-0.05, 0) is 86.6 Å². The van der Waals surface area contributed by atoms with Crippen molar-refractivity contribution in [1.29, 1.82) is 0 Å². The molecule has 1 saturated heterocycles. The minimum Gasteiger partial charge on any atom is -0.506 e. The van der Waals surface area contributed by atoms with Crippen molar-refractivity contribution in [2.75, 3.05) is 18.4 Å². The highest BCUT2D eigenvalue weighted by molar-refractivity contribution is 7.80. The average Bonchev–Trinajstić information content (AvgIpc) is 3.39. The second-order valence-corrected chi connectivity index (χ2v) is 10.1. The monoisotopic (exact) mass is 531 g/mol. The van der Waals surface area contributed by atoms with Gasteiger partial charge in [-0.2, -0.15) is 0 Å². The van der Waals surface area contributed by atoms with Gasteiger partial charge in [0, 0.05) is 41.4 Å². The number of nitrogens with one attached hydrogen (secondary N) is 2. The molecule has 2 atom stereocenters. The van der Waals surface area contributed by atoms with Gasteiger partial charge in [0.1, 0.15) is 5.75 Å². The zero-order chi connectivity index (χ0) is 25.9. The number of halogens is 1. The van der Waals surface area contributed by atoms with E-state index in [0.717, 1.165) is 53.0 Å². The molecule has 4 aromatic rings. The molecule has 0 aliphatic carbocycles. The fourth-order valence-electron chi connectivity index (χ4n) is 5.16. The molecule has 2 aromatic carbocycles. The van der Waals surface area contributed by atoms with Crippen molar-refractivity contribution >= 4 is 34.6 Å². The lowest BCUT2D eigenvalue weighted by Gasteiger charge is -2.28. The molecule has 5 rings (SSSR count). The number of aromatic hydroxyl groups is 1. The Balaban J connectivity index is 1.48. The van der Waals surface area contributed by atoms with Crippen molar-refractivity contribution in [2.45, 2.75) is 32.4 Å². The fraction of sp³-hybridized carbons (Fsp3) is 0.241. The molecule has 0 amide bonds. The number of para-hydroxylation sites is 1. The maximum absolute atomic E-state index is 10.6. The van der Waals surface area contributed by atoms with Crippen molar-refractivity contribution in [1.82, 2.24) is 19.8 Å². The van der Waals surface area contributed by atoms with Crippen LogP contribution in [0.15, 0.2) is 79.0 Å². The lowest BCUT2D eigenvalue weighted by Crippen LogP contribution is -2.31. The van der Waals surface area contributed by atoms with Gasteiger partial charge in [-0.1, -0.05) is 35.9 Å². The highest BCUT2D eigenvalue weighted by Gasteiger charge is 2.41. The number of phenols is 1. The van der Waals surface area contributed by atoms with Gasteiger partial charge in [0.25, 0.3) is 0 Å². The van der Waals surface area contributed by atoms with Gasteiger partial charge in [0.15, 0.2) is 5.11 Å². The third-order valence-electron chi connectivity index (χ3n) is 6.84. The van der Waals surface area contributed by atoms with Gasteiger partial charge in [-0.15, -0.1) is 0 Å². The van der Waals surface area contributed by atoms with Crippen LogP contribution >= 0.6 is 23.8 Å². The van der Waals surface area contributed by atoms with Crippen LogP contribution in [0.25, 0.3) is 5.69 Å². The second-order valence-electron chi connectivity index (χ2n) is 9.26. The summed E-state index contributed by atoms with van der Waals surface area (Å²) in [6.07, 6.45) is 2.73. The van der Waals surface area contributed by atoms with Crippen LogP contribution in [0.5, 0.6) is 5.75 Å². The summed E-state index contributed by atoms with van der Waals surface area (Å²) in [6, 6.07) is 23.3. The van der Waals surface area contributed by atoms with Gasteiger partial charge in [0.2, 0.25) is 0 Å². The topological polar surface area (TPSA) is 65.4 Å². The van der Waals surface area contributed by atoms with Gasteiger partial charge in [0.05, 0.1) is 23.5 Å². The molecule has 3 N–H and O–H groups in total. The summed E-state index contributed by atoms with van der Waals surface area (Å²) < 4.78 is 2.06.